The lowest BCUT2D eigenvalue weighted by atomic mass is 9.93. The molecule has 0 saturated heterocycles. The lowest BCUT2D eigenvalue weighted by Gasteiger charge is -2.28. The minimum atomic E-state index is -0.0569. The molecule has 4 nitrogen and oxygen atoms in total. The summed E-state index contributed by atoms with van der Waals surface area (Å²) in [6.45, 7) is 0. The van der Waals surface area contributed by atoms with Gasteiger partial charge in [0.15, 0.2) is 0 Å². The van der Waals surface area contributed by atoms with Gasteiger partial charge >= 0.3 is 0 Å². The van der Waals surface area contributed by atoms with Crippen LogP contribution in [-0.2, 0) is 0 Å². The second-order valence-electron chi connectivity index (χ2n) is 14.8. The summed E-state index contributed by atoms with van der Waals surface area (Å²) in [5.74, 6) is 0. The van der Waals surface area contributed by atoms with Gasteiger partial charge in [-0.25, -0.2) is 4.99 Å². The molecule has 9 aromatic carbocycles. The van der Waals surface area contributed by atoms with Crippen molar-refractivity contribution in [3.05, 3.63) is 205 Å². The van der Waals surface area contributed by atoms with Crippen molar-refractivity contribution in [3.63, 3.8) is 0 Å². The summed E-state index contributed by atoms with van der Waals surface area (Å²) < 4.78 is 4.88. The Morgan fingerprint density at radius 1 is 0.411 bits per heavy atom. The summed E-state index contributed by atoms with van der Waals surface area (Å²) in [6, 6.07) is 70.3. The molecule has 0 fully saturated rings. The minimum Gasteiger partial charge on any atom is -0.371 e. The summed E-state index contributed by atoms with van der Waals surface area (Å²) in [5, 5.41) is 13.7. The summed E-state index contributed by atoms with van der Waals surface area (Å²) in [5.41, 5.74) is 12.4. The first-order valence-corrected chi connectivity index (χ1v) is 19.2. The molecule has 11 aromatic rings. The zero-order valence-corrected chi connectivity index (χ0v) is 30.4. The Bertz CT molecular complexity index is 3390. The zero-order valence-electron chi connectivity index (χ0n) is 30.4. The van der Waals surface area contributed by atoms with E-state index in [-0.39, 0.29) is 6.04 Å². The zero-order chi connectivity index (χ0) is 36.7. The van der Waals surface area contributed by atoms with Crippen molar-refractivity contribution < 1.29 is 0 Å². The van der Waals surface area contributed by atoms with Crippen LogP contribution in [-0.4, -0.2) is 14.8 Å². The van der Waals surface area contributed by atoms with Crippen molar-refractivity contribution in [3.8, 4) is 11.4 Å². The topological polar surface area (TPSA) is 34.2 Å². The fourth-order valence-corrected chi connectivity index (χ4v) is 9.14. The molecule has 1 aliphatic rings. The summed E-state index contributed by atoms with van der Waals surface area (Å²) in [6.07, 6.45) is 0. The number of para-hydroxylation sites is 4. The molecule has 0 saturated carbocycles. The van der Waals surface area contributed by atoms with Crippen LogP contribution in [0.2, 0.25) is 0 Å². The van der Waals surface area contributed by atoms with Crippen molar-refractivity contribution in [2.75, 3.05) is 5.32 Å². The third kappa shape index (κ3) is 4.63. The van der Waals surface area contributed by atoms with Gasteiger partial charge in [-0.2, -0.15) is 0 Å². The largest absolute Gasteiger partial charge is 0.371 e. The van der Waals surface area contributed by atoms with E-state index in [9.17, 15) is 0 Å². The Morgan fingerprint density at radius 3 is 1.98 bits per heavy atom. The molecule has 56 heavy (non-hydrogen) atoms. The Labute approximate surface area is 323 Å². The average Bonchev–Trinajstić information content (AvgIpc) is 3.77. The van der Waals surface area contributed by atoms with Crippen LogP contribution < -0.4 is 5.32 Å². The van der Waals surface area contributed by atoms with Gasteiger partial charge in [-0.1, -0.05) is 127 Å². The highest BCUT2D eigenvalue weighted by molar-refractivity contribution is 6.25. The molecule has 262 valence electrons. The minimum absolute atomic E-state index is 0.0569. The van der Waals surface area contributed by atoms with Gasteiger partial charge in [0.05, 0.1) is 45.2 Å². The highest BCUT2D eigenvalue weighted by Gasteiger charge is 2.26. The highest BCUT2D eigenvalue weighted by Crippen LogP contribution is 2.43. The predicted octanol–water partition coefficient (Wildman–Crippen LogP) is 13.5. The first-order valence-electron chi connectivity index (χ1n) is 19.2. The standard InChI is InChI=1S/C52H34N4/c1-3-14-34(15-4-1)51-52(54-45-21-11-10-20-44(45)53-51)37-24-23-36-30-39(27-25-35(36)29-37)56-47-28-26-33-13-7-8-18-40(33)50(47)43-31-42-41-19-9-12-22-46(41)55(48(42)32-49(43)56)38-16-5-2-6-17-38/h1-32,51,53H. The highest BCUT2D eigenvalue weighted by atomic mass is 15.0. The molecule has 0 aliphatic carbocycles. The lowest BCUT2D eigenvalue weighted by Crippen LogP contribution is -2.24. The molecular formula is C52H34N4. The van der Waals surface area contributed by atoms with E-state index in [0.717, 1.165) is 34.0 Å². The summed E-state index contributed by atoms with van der Waals surface area (Å²) in [7, 11) is 0. The first-order chi connectivity index (χ1) is 27.8. The number of aromatic nitrogens is 2. The Kier molecular flexibility index (Phi) is 6.66. The molecular weight excluding hydrogens is 681 g/mol. The number of hydrogen-bond donors (Lipinski definition) is 1. The van der Waals surface area contributed by atoms with Gasteiger partial charge in [-0.15, -0.1) is 0 Å². The van der Waals surface area contributed by atoms with Crippen LogP contribution in [0.25, 0.3) is 76.5 Å². The fraction of sp³-hybridized carbons (Fsp3) is 0.0192. The molecule has 12 rings (SSSR count). The van der Waals surface area contributed by atoms with E-state index < -0.39 is 0 Å². The third-order valence-corrected chi connectivity index (χ3v) is 11.7. The number of benzene rings is 9. The molecule has 0 radical (unpaired) electrons. The van der Waals surface area contributed by atoms with Gasteiger partial charge in [-0.05, 0) is 99.4 Å². The smallest absolute Gasteiger partial charge is 0.0947 e. The number of anilines is 1. The van der Waals surface area contributed by atoms with Crippen molar-refractivity contribution in [2.45, 2.75) is 6.04 Å². The van der Waals surface area contributed by atoms with Gasteiger partial charge in [0, 0.05) is 32.9 Å². The number of hydrogen-bond acceptors (Lipinski definition) is 2. The van der Waals surface area contributed by atoms with Crippen LogP contribution in [0.1, 0.15) is 17.2 Å². The number of rotatable bonds is 4. The van der Waals surface area contributed by atoms with E-state index in [0.29, 0.717) is 0 Å². The van der Waals surface area contributed by atoms with Gasteiger partial charge in [0.2, 0.25) is 0 Å². The molecule has 1 atom stereocenters. The average molecular weight is 715 g/mol. The maximum absolute atomic E-state index is 5.25. The Balaban J connectivity index is 1.08. The third-order valence-electron chi connectivity index (χ3n) is 11.7. The number of nitrogens with one attached hydrogen (secondary N) is 1. The summed E-state index contributed by atoms with van der Waals surface area (Å²) >= 11 is 0. The van der Waals surface area contributed by atoms with Crippen LogP contribution in [0.4, 0.5) is 11.4 Å². The van der Waals surface area contributed by atoms with Crippen LogP contribution in [0.3, 0.4) is 0 Å². The van der Waals surface area contributed by atoms with Crippen molar-refractivity contribution in [2.24, 2.45) is 4.99 Å². The van der Waals surface area contributed by atoms with Crippen LogP contribution in [0.15, 0.2) is 199 Å². The van der Waals surface area contributed by atoms with Gasteiger partial charge in [-0.3, -0.25) is 0 Å². The van der Waals surface area contributed by atoms with Crippen molar-refractivity contribution >= 4 is 82.2 Å². The maximum Gasteiger partial charge on any atom is 0.0947 e. The van der Waals surface area contributed by atoms with Gasteiger partial charge in [0.1, 0.15) is 0 Å². The van der Waals surface area contributed by atoms with Crippen molar-refractivity contribution in [1.29, 1.82) is 0 Å². The number of fused-ring (bicyclic) bond motifs is 10. The normalized spacial score (nSPS) is 14.1. The molecule has 1 aliphatic heterocycles. The van der Waals surface area contributed by atoms with E-state index in [2.05, 4.69) is 209 Å². The lowest BCUT2D eigenvalue weighted by molar-refractivity contribution is 1.01. The second-order valence-corrected chi connectivity index (χ2v) is 14.8. The van der Waals surface area contributed by atoms with Crippen LogP contribution >= 0.6 is 0 Å². The van der Waals surface area contributed by atoms with E-state index in [1.807, 2.05) is 0 Å². The Hall–Kier alpha value is -7.43. The predicted molar refractivity (Wildman–Crippen MR) is 236 cm³/mol. The van der Waals surface area contributed by atoms with Crippen LogP contribution in [0, 0.1) is 0 Å². The van der Waals surface area contributed by atoms with Gasteiger partial charge in [0.25, 0.3) is 0 Å². The van der Waals surface area contributed by atoms with E-state index in [1.54, 1.807) is 0 Å². The number of nitrogens with zero attached hydrogens (tertiary/aromatic N) is 3. The monoisotopic (exact) mass is 714 g/mol. The molecule has 0 bridgehead atoms. The number of aliphatic imine (C=N–C) groups is 1. The van der Waals surface area contributed by atoms with Gasteiger partial charge < -0.3 is 14.5 Å². The van der Waals surface area contributed by atoms with Crippen LogP contribution in [0.5, 0.6) is 0 Å². The van der Waals surface area contributed by atoms with E-state index >= 15 is 0 Å². The summed E-state index contributed by atoms with van der Waals surface area (Å²) in [4.78, 5) is 5.25. The van der Waals surface area contributed by atoms with E-state index in [1.165, 1.54) is 70.7 Å². The molecule has 2 aromatic heterocycles. The van der Waals surface area contributed by atoms with E-state index in [4.69, 9.17) is 4.99 Å². The maximum atomic E-state index is 5.25. The molecule has 4 heteroatoms. The molecule has 1 N–H and O–H groups in total. The first kappa shape index (κ1) is 31.0. The molecule has 0 amide bonds. The Morgan fingerprint density at radius 2 is 1.09 bits per heavy atom. The molecule has 1 unspecified atom stereocenters. The van der Waals surface area contributed by atoms with Crippen molar-refractivity contribution in [1.82, 2.24) is 9.13 Å². The second kappa shape index (κ2) is 12.0. The molecule has 3 heterocycles. The SMILES string of the molecule is c1ccc(C2Nc3ccccc3N=C2c2ccc3cc(-n4c5cc6c(cc5c5c7ccccc7ccc54)c4ccccc4n6-c4ccccc4)ccc3c2)cc1. The fourth-order valence-electron chi connectivity index (χ4n) is 9.14. The quantitative estimate of drug-likeness (QED) is 0.193. The molecule has 0 spiro atoms.